The molecule has 0 heterocycles. The van der Waals surface area contributed by atoms with Gasteiger partial charge in [0.2, 0.25) is 0 Å². The van der Waals surface area contributed by atoms with Crippen molar-refractivity contribution < 1.29 is 15.0 Å². The van der Waals surface area contributed by atoms with Crippen LogP contribution in [0.15, 0.2) is 30.3 Å². The van der Waals surface area contributed by atoms with Gasteiger partial charge in [-0.3, -0.25) is 4.90 Å². The molecule has 82 valence electrons. The lowest BCUT2D eigenvalue weighted by molar-refractivity contribution is 0.0999. The largest absolute Gasteiger partial charge is 0.465 e. The van der Waals surface area contributed by atoms with Crippen molar-refractivity contribution in [1.82, 2.24) is 4.90 Å². The third-order valence-electron chi connectivity index (χ3n) is 2.24. The van der Waals surface area contributed by atoms with Crippen LogP contribution in [0.1, 0.15) is 12.5 Å². The second-order valence-electron chi connectivity index (χ2n) is 3.43. The van der Waals surface area contributed by atoms with E-state index in [2.05, 4.69) is 0 Å². The number of carboxylic acid groups (broad SMARTS) is 1. The summed E-state index contributed by atoms with van der Waals surface area (Å²) in [5, 5.41) is 17.9. The lowest BCUT2D eigenvalue weighted by Crippen LogP contribution is -2.39. The first-order valence-corrected chi connectivity index (χ1v) is 4.79. The number of amides is 1. The van der Waals surface area contributed by atoms with E-state index in [0.717, 1.165) is 5.56 Å². The highest BCUT2D eigenvalue weighted by Gasteiger charge is 2.18. The van der Waals surface area contributed by atoms with Gasteiger partial charge in [0.05, 0.1) is 12.6 Å². The number of aliphatic hydroxyl groups excluding tert-OH is 1. The Kier molecular flexibility index (Phi) is 4.12. The summed E-state index contributed by atoms with van der Waals surface area (Å²) in [6, 6.07) is 8.94. The Morgan fingerprint density at radius 3 is 2.47 bits per heavy atom. The molecule has 1 atom stereocenters. The van der Waals surface area contributed by atoms with Crippen LogP contribution in [0.3, 0.4) is 0 Å². The summed E-state index contributed by atoms with van der Waals surface area (Å²) in [5.74, 6) is 0. The number of aliphatic hydroxyl groups is 1. The first-order chi connectivity index (χ1) is 7.15. The Labute approximate surface area is 88.8 Å². The van der Waals surface area contributed by atoms with E-state index in [1.807, 2.05) is 30.3 Å². The highest BCUT2D eigenvalue weighted by Crippen LogP contribution is 2.08. The summed E-state index contributed by atoms with van der Waals surface area (Å²) in [6.07, 6.45) is -1.01. The molecule has 15 heavy (non-hydrogen) atoms. The standard InChI is InChI=1S/C11H15NO3/c1-9(8-13)12(11(14)15)7-10-5-3-2-4-6-10/h2-6,9,13H,7-8H2,1H3,(H,14,15). The van der Waals surface area contributed by atoms with E-state index in [1.165, 1.54) is 4.90 Å². The molecule has 0 aliphatic carbocycles. The van der Waals surface area contributed by atoms with Crippen molar-refractivity contribution in [1.29, 1.82) is 0 Å². The molecular weight excluding hydrogens is 194 g/mol. The minimum atomic E-state index is -1.01. The fraction of sp³-hybridized carbons (Fsp3) is 0.364. The number of hydrogen-bond donors (Lipinski definition) is 2. The second kappa shape index (κ2) is 5.36. The Bertz CT molecular complexity index is 313. The lowest BCUT2D eigenvalue weighted by Gasteiger charge is -2.24. The zero-order chi connectivity index (χ0) is 11.3. The topological polar surface area (TPSA) is 60.8 Å². The Morgan fingerprint density at radius 1 is 1.40 bits per heavy atom. The number of hydrogen-bond acceptors (Lipinski definition) is 2. The number of benzene rings is 1. The van der Waals surface area contributed by atoms with Crippen LogP contribution in [0.5, 0.6) is 0 Å². The molecule has 0 spiro atoms. The molecular formula is C11H15NO3. The van der Waals surface area contributed by atoms with E-state index in [0.29, 0.717) is 6.54 Å². The predicted octanol–water partition coefficient (Wildman–Crippen LogP) is 1.55. The van der Waals surface area contributed by atoms with Gasteiger partial charge < -0.3 is 10.2 Å². The molecule has 1 rings (SSSR count). The van der Waals surface area contributed by atoms with Gasteiger partial charge in [-0.25, -0.2) is 4.79 Å². The van der Waals surface area contributed by atoms with Crippen molar-refractivity contribution in [2.24, 2.45) is 0 Å². The molecule has 0 radical (unpaired) electrons. The fourth-order valence-electron chi connectivity index (χ4n) is 1.29. The van der Waals surface area contributed by atoms with Crippen LogP contribution < -0.4 is 0 Å². The average Bonchev–Trinajstić information content (AvgIpc) is 2.26. The van der Waals surface area contributed by atoms with Crippen molar-refractivity contribution in [3.63, 3.8) is 0 Å². The molecule has 1 aromatic rings. The van der Waals surface area contributed by atoms with Gasteiger partial charge in [-0.2, -0.15) is 0 Å². The van der Waals surface area contributed by atoms with Gasteiger partial charge in [0.15, 0.2) is 0 Å². The van der Waals surface area contributed by atoms with Crippen molar-refractivity contribution in [2.45, 2.75) is 19.5 Å². The van der Waals surface area contributed by atoms with Crippen molar-refractivity contribution in [3.8, 4) is 0 Å². The summed E-state index contributed by atoms with van der Waals surface area (Å²) < 4.78 is 0. The number of carbonyl (C=O) groups is 1. The van der Waals surface area contributed by atoms with Gasteiger partial charge >= 0.3 is 6.09 Å². The smallest absolute Gasteiger partial charge is 0.407 e. The van der Waals surface area contributed by atoms with Crippen LogP contribution >= 0.6 is 0 Å². The SMILES string of the molecule is CC(CO)N(Cc1ccccc1)C(=O)O. The van der Waals surface area contributed by atoms with Crippen molar-refractivity contribution in [3.05, 3.63) is 35.9 Å². The van der Waals surface area contributed by atoms with Gasteiger partial charge in [-0.15, -0.1) is 0 Å². The molecule has 2 N–H and O–H groups in total. The summed E-state index contributed by atoms with van der Waals surface area (Å²) in [7, 11) is 0. The number of nitrogens with zero attached hydrogens (tertiary/aromatic N) is 1. The average molecular weight is 209 g/mol. The Morgan fingerprint density at radius 2 is 2.00 bits per heavy atom. The van der Waals surface area contributed by atoms with Crippen LogP contribution in [0.25, 0.3) is 0 Å². The Balaban J connectivity index is 2.71. The van der Waals surface area contributed by atoms with Gasteiger partial charge in [0.1, 0.15) is 0 Å². The maximum absolute atomic E-state index is 10.9. The first kappa shape index (κ1) is 11.5. The maximum atomic E-state index is 10.9. The zero-order valence-electron chi connectivity index (χ0n) is 8.63. The van der Waals surface area contributed by atoms with E-state index in [-0.39, 0.29) is 12.6 Å². The molecule has 4 heteroatoms. The van der Waals surface area contributed by atoms with E-state index < -0.39 is 6.09 Å². The van der Waals surface area contributed by atoms with Gasteiger partial charge in [-0.05, 0) is 12.5 Å². The van der Waals surface area contributed by atoms with Crippen LogP contribution in [-0.2, 0) is 6.54 Å². The van der Waals surface area contributed by atoms with Gasteiger partial charge in [-0.1, -0.05) is 30.3 Å². The van der Waals surface area contributed by atoms with Crippen molar-refractivity contribution >= 4 is 6.09 Å². The minimum absolute atomic E-state index is 0.168. The summed E-state index contributed by atoms with van der Waals surface area (Å²) in [4.78, 5) is 12.1. The van der Waals surface area contributed by atoms with E-state index >= 15 is 0 Å². The normalized spacial score (nSPS) is 12.1. The highest BCUT2D eigenvalue weighted by molar-refractivity contribution is 5.65. The summed E-state index contributed by atoms with van der Waals surface area (Å²) >= 11 is 0. The molecule has 1 amide bonds. The van der Waals surface area contributed by atoms with Crippen LogP contribution in [0.2, 0.25) is 0 Å². The predicted molar refractivity (Wildman–Crippen MR) is 56.6 cm³/mol. The van der Waals surface area contributed by atoms with E-state index in [4.69, 9.17) is 10.2 Å². The highest BCUT2D eigenvalue weighted by atomic mass is 16.4. The lowest BCUT2D eigenvalue weighted by atomic mass is 10.2. The third-order valence-corrected chi connectivity index (χ3v) is 2.24. The first-order valence-electron chi connectivity index (χ1n) is 4.79. The molecule has 0 fully saturated rings. The van der Waals surface area contributed by atoms with Crippen LogP contribution in [0, 0.1) is 0 Å². The summed E-state index contributed by atoms with van der Waals surface area (Å²) in [6.45, 7) is 1.81. The molecule has 0 aliphatic rings. The summed E-state index contributed by atoms with van der Waals surface area (Å²) in [5.41, 5.74) is 0.917. The van der Waals surface area contributed by atoms with Crippen LogP contribution in [0.4, 0.5) is 4.79 Å². The molecule has 0 saturated heterocycles. The molecule has 0 saturated carbocycles. The molecule has 0 aliphatic heterocycles. The fourth-order valence-corrected chi connectivity index (χ4v) is 1.29. The van der Waals surface area contributed by atoms with E-state index in [9.17, 15) is 4.79 Å². The van der Waals surface area contributed by atoms with E-state index in [1.54, 1.807) is 6.92 Å². The third kappa shape index (κ3) is 3.25. The maximum Gasteiger partial charge on any atom is 0.407 e. The quantitative estimate of drug-likeness (QED) is 0.790. The number of rotatable bonds is 4. The molecule has 0 aromatic heterocycles. The van der Waals surface area contributed by atoms with Crippen molar-refractivity contribution in [2.75, 3.05) is 6.61 Å². The molecule has 0 bridgehead atoms. The molecule has 1 aromatic carbocycles. The van der Waals surface area contributed by atoms with Gasteiger partial charge in [0, 0.05) is 6.54 Å². The monoisotopic (exact) mass is 209 g/mol. The van der Waals surface area contributed by atoms with Gasteiger partial charge in [0.25, 0.3) is 0 Å². The molecule has 1 unspecified atom stereocenters. The Hall–Kier alpha value is -1.55. The minimum Gasteiger partial charge on any atom is -0.465 e. The van der Waals surface area contributed by atoms with Crippen LogP contribution in [-0.4, -0.2) is 33.9 Å². The molecule has 4 nitrogen and oxygen atoms in total. The zero-order valence-corrected chi connectivity index (χ0v) is 8.63. The second-order valence-corrected chi connectivity index (χ2v) is 3.43.